The fraction of sp³-hybridized carbons (Fsp3) is 0.500. The second kappa shape index (κ2) is 4.28. The highest BCUT2D eigenvalue weighted by molar-refractivity contribution is 5.72. The topological polar surface area (TPSA) is 58.4 Å². The largest absolute Gasteiger partial charge is 0.351 e. The van der Waals surface area contributed by atoms with Crippen molar-refractivity contribution in [1.82, 2.24) is 10.2 Å². The molecule has 2 amide bonds. The van der Waals surface area contributed by atoms with Gasteiger partial charge in [-0.25, -0.2) is 4.79 Å². The highest BCUT2D eigenvalue weighted by atomic mass is 16.2. The molecule has 4 heteroatoms. The second-order valence-corrected chi connectivity index (χ2v) is 5.57. The lowest BCUT2D eigenvalue weighted by Crippen LogP contribution is -2.61. The Morgan fingerprint density at radius 2 is 2.17 bits per heavy atom. The number of likely N-dealkylation sites (tertiary alicyclic amines) is 1. The van der Waals surface area contributed by atoms with Crippen molar-refractivity contribution in [2.45, 2.75) is 11.8 Å². The van der Waals surface area contributed by atoms with Gasteiger partial charge in [0, 0.05) is 25.0 Å². The number of hydrogen-bond acceptors (Lipinski definition) is 2. The molecule has 0 aliphatic carbocycles. The molecule has 2 unspecified atom stereocenters. The monoisotopic (exact) mass is 245 g/mol. The number of primary amides is 1. The van der Waals surface area contributed by atoms with Crippen molar-refractivity contribution in [3.63, 3.8) is 0 Å². The van der Waals surface area contributed by atoms with Crippen LogP contribution in [0.1, 0.15) is 12.0 Å². The maximum atomic E-state index is 11.5. The summed E-state index contributed by atoms with van der Waals surface area (Å²) in [5.74, 6) is 0.514. The van der Waals surface area contributed by atoms with Crippen molar-refractivity contribution in [3.8, 4) is 0 Å². The quantitative estimate of drug-likeness (QED) is 0.773. The van der Waals surface area contributed by atoms with Crippen LogP contribution in [-0.4, -0.2) is 37.1 Å². The molecule has 0 spiro atoms. The summed E-state index contributed by atoms with van der Waals surface area (Å²) in [4.78, 5) is 13.3. The molecule has 2 heterocycles. The Hall–Kier alpha value is -1.55. The number of rotatable bonds is 1. The average molecular weight is 245 g/mol. The van der Waals surface area contributed by atoms with Crippen molar-refractivity contribution in [1.29, 1.82) is 0 Å². The molecule has 3 rings (SSSR count). The third-order valence-corrected chi connectivity index (χ3v) is 4.25. The van der Waals surface area contributed by atoms with Gasteiger partial charge in [0.25, 0.3) is 0 Å². The van der Waals surface area contributed by atoms with Crippen molar-refractivity contribution >= 4 is 6.03 Å². The molecule has 96 valence electrons. The van der Waals surface area contributed by atoms with Gasteiger partial charge < -0.3 is 16.0 Å². The van der Waals surface area contributed by atoms with E-state index < -0.39 is 0 Å². The SMILES string of the molecule is NC(=O)N1CC2CNCC(c3ccccc3)(C2)C1. The van der Waals surface area contributed by atoms with Gasteiger partial charge in [0.2, 0.25) is 0 Å². The van der Waals surface area contributed by atoms with Gasteiger partial charge in [-0.3, -0.25) is 0 Å². The molecule has 2 atom stereocenters. The molecule has 0 aromatic heterocycles. The Morgan fingerprint density at radius 1 is 1.39 bits per heavy atom. The summed E-state index contributed by atoms with van der Waals surface area (Å²) in [6.45, 7) is 3.43. The molecule has 1 aromatic rings. The summed E-state index contributed by atoms with van der Waals surface area (Å²) in [5, 5.41) is 3.51. The average Bonchev–Trinajstić information content (AvgIpc) is 2.39. The fourth-order valence-corrected chi connectivity index (χ4v) is 3.47. The van der Waals surface area contributed by atoms with E-state index in [1.54, 1.807) is 0 Å². The minimum atomic E-state index is -0.290. The number of urea groups is 1. The number of nitrogens with zero attached hydrogens (tertiary/aromatic N) is 1. The van der Waals surface area contributed by atoms with Gasteiger partial charge in [0.05, 0.1) is 0 Å². The van der Waals surface area contributed by atoms with Gasteiger partial charge in [-0.05, 0) is 24.4 Å². The Bertz CT molecular complexity index is 448. The predicted octanol–water partition coefficient (Wildman–Crippen LogP) is 0.928. The van der Waals surface area contributed by atoms with Crippen LogP contribution in [0.5, 0.6) is 0 Å². The van der Waals surface area contributed by atoms with Crippen molar-refractivity contribution in [3.05, 3.63) is 35.9 Å². The van der Waals surface area contributed by atoms with E-state index in [-0.39, 0.29) is 11.4 Å². The number of carbonyl (C=O) groups excluding carboxylic acids is 1. The number of nitrogens with one attached hydrogen (secondary N) is 1. The lowest BCUT2D eigenvalue weighted by molar-refractivity contribution is 0.0931. The van der Waals surface area contributed by atoms with Crippen LogP contribution in [0.2, 0.25) is 0 Å². The highest BCUT2D eigenvalue weighted by Crippen LogP contribution is 2.38. The van der Waals surface area contributed by atoms with Crippen LogP contribution < -0.4 is 11.1 Å². The zero-order valence-corrected chi connectivity index (χ0v) is 10.4. The molecule has 2 bridgehead atoms. The van der Waals surface area contributed by atoms with Crippen molar-refractivity contribution in [2.24, 2.45) is 11.7 Å². The third-order valence-electron chi connectivity index (χ3n) is 4.25. The molecular formula is C14H19N3O. The molecular weight excluding hydrogens is 226 g/mol. The van der Waals surface area contributed by atoms with Gasteiger partial charge >= 0.3 is 6.03 Å². The molecule has 0 saturated carbocycles. The summed E-state index contributed by atoms with van der Waals surface area (Å²) >= 11 is 0. The lowest BCUT2D eigenvalue weighted by Gasteiger charge is -2.50. The number of nitrogens with two attached hydrogens (primary N) is 1. The van der Waals surface area contributed by atoms with Gasteiger partial charge in [0.15, 0.2) is 0 Å². The maximum absolute atomic E-state index is 11.5. The zero-order valence-electron chi connectivity index (χ0n) is 10.4. The molecule has 2 aliphatic heterocycles. The van der Waals surface area contributed by atoms with E-state index in [1.165, 1.54) is 5.56 Å². The first-order valence-corrected chi connectivity index (χ1v) is 6.50. The Kier molecular flexibility index (Phi) is 2.74. The molecule has 4 nitrogen and oxygen atoms in total. The van der Waals surface area contributed by atoms with E-state index in [2.05, 4.69) is 29.6 Å². The summed E-state index contributed by atoms with van der Waals surface area (Å²) in [6, 6.07) is 10.2. The Labute approximate surface area is 107 Å². The number of fused-ring (bicyclic) bond motifs is 2. The molecule has 2 saturated heterocycles. The van der Waals surface area contributed by atoms with E-state index >= 15 is 0 Å². The zero-order chi connectivity index (χ0) is 12.6. The first kappa shape index (κ1) is 11.5. The van der Waals surface area contributed by atoms with Crippen molar-refractivity contribution < 1.29 is 4.79 Å². The van der Waals surface area contributed by atoms with Gasteiger partial charge in [-0.1, -0.05) is 30.3 Å². The molecule has 0 radical (unpaired) electrons. The molecule has 1 aromatic carbocycles. The van der Waals surface area contributed by atoms with Crippen LogP contribution in [0.15, 0.2) is 30.3 Å². The number of piperidine rings is 2. The minimum absolute atomic E-state index is 0.0391. The number of amides is 2. The van der Waals surface area contributed by atoms with Crippen molar-refractivity contribution in [2.75, 3.05) is 26.2 Å². The Balaban J connectivity index is 1.95. The number of carbonyl (C=O) groups is 1. The third kappa shape index (κ3) is 1.86. The minimum Gasteiger partial charge on any atom is -0.351 e. The smallest absolute Gasteiger partial charge is 0.314 e. The van der Waals surface area contributed by atoms with Crippen LogP contribution >= 0.6 is 0 Å². The van der Waals surface area contributed by atoms with Gasteiger partial charge in [-0.2, -0.15) is 0 Å². The molecule has 2 fully saturated rings. The first-order valence-electron chi connectivity index (χ1n) is 6.50. The van der Waals surface area contributed by atoms with E-state index in [0.29, 0.717) is 5.92 Å². The number of benzene rings is 1. The van der Waals surface area contributed by atoms with E-state index in [0.717, 1.165) is 32.6 Å². The number of hydrogen-bond donors (Lipinski definition) is 2. The fourth-order valence-electron chi connectivity index (χ4n) is 3.47. The van der Waals surface area contributed by atoms with Crippen LogP contribution in [0.3, 0.4) is 0 Å². The molecule has 3 N–H and O–H groups in total. The van der Waals surface area contributed by atoms with E-state index in [1.807, 2.05) is 11.0 Å². The van der Waals surface area contributed by atoms with Gasteiger partial charge in [0.1, 0.15) is 0 Å². The lowest BCUT2D eigenvalue weighted by atomic mass is 9.68. The second-order valence-electron chi connectivity index (χ2n) is 5.57. The van der Waals surface area contributed by atoms with E-state index in [4.69, 9.17) is 5.73 Å². The molecule has 2 aliphatic rings. The standard InChI is InChI=1S/C14H19N3O/c15-13(18)17-8-11-6-14(10-17,9-16-7-11)12-4-2-1-3-5-12/h1-5,11,16H,6-10H2,(H2,15,18). The van der Waals surface area contributed by atoms with E-state index in [9.17, 15) is 4.79 Å². The van der Waals surface area contributed by atoms with Crippen LogP contribution in [0, 0.1) is 5.92 Å². The summed E-state index contributed by atoms with van der Waals surface area (Å²) in [6.07, 6.45) is 1.15. The van der Waals surface area contributed by atoms with Gasteiger partial charge in [-0.15, -0.1) is 0 Å². The maximum Gasteiger partial charge on any atom is 0.314 e. The summed E-state index contributed by atoms with van der Waals surface area (Å²) < 4.78 is 0. The summed E-state index contributed by atoms with van der Waals surface area (Å²) in [5.41, 5.74) is 6.83. The summed E-state index contributed by atoms with van der Waals surface area (Å²) in [7, 11) is 0. The van der Waals surface area contributed by atoms with Crippen LogP contribution in [0.4, 0.5) is 4.79 Å². The highest BCUT2D eigenvalue weighted by Gasteiger charge is 2.44. The first-order chi connectivity index (χ1) is 8.70. The Morgan fingerprint density at radius 3 is 2.89 bits per heavy atom. The normalized spacial score (nSPS) is 31.1. The predicted molar refractivity (Wildman–Crippen MR) is 70.3 cm³/mol. The molecule has 18 heavy (non-hydrogen) atoms. The van der Waals surface area contributed by atoms with Crippen LogP contribution in [0.25, 0.3) is 0 Å². The van der Waals surface area contributed by atoms with Crippen LogP contribution in [-0.2, 0) is 5.41 Å².